The van der Waals surface area contributed by atoms with Crippen molar-refractivity contribution in [2.45, 2.75) is 44.9 Å². The molecule has 8 nitrogen and oxygen atoms in total. The summed E-state index contributed by atoms with van der Waals surface area (Å²) in [6.07, 6.45) is -0.00424. The van der Waals surface area contributed by atoms with Crippen LogP contribution in [0.1, 0.15) is 31.7 Å². The second-order valence-electron chi connectivity index (χ2n) is 9.17. The number of carbonyl (C=O) groups excluding carboxylic acids is 2. The summed E-state index contributed by atoms with van der Waals surface area (Å²) in [5, 5.41) is 9.41. The molecule has 3 aromatic rings. The molecule has 2 aliphatic rings. The molecule has 0 saturated carbocycles. The second kappa shape index (κ2) is 8.70. The molecule has 2 amide bonds. The van der Waals surface area contributed by atoms with E-state index in [1.165, 1.54) is 0 Å². The SMILES string of the molecule is CC(C)OC(=O)N1CC2(C1)C(=O)N(Cc1nc3cc(Br)ccc3n1CCCO)c1ccccc12. The molecule has 34 heavy (non-hydrogen) atoms. The Balaban J connectivity index is 1.47. The average Bonchev–Trinajstić information content (AvgIpc) is 3.22. The first-order valence-electron chi connectivity index (χ1n) is 11.5. The number of rotatable bonds is 6. The zero-order valence-electron chi connectivity index (χ0n) is 19.2. The highest BCUT2D eigenvalue weighted by atomic mass is 79.9. The molecule has 0 unspecified atom stereocenters. The fraction of sp³-hybridized carbons (Fsp3) is 0.400. The van der Waals surface area contributed by atoms with Crippen molar-refractivity contribution in [3.8, 4) is 0 Å². The molecule has 0 atom stereocenters. The van der Waals surface area contributed by atoms with Gasteiger partial charge < -0.3 is 24.2 Å². The fourth-order valence-corrected chi connectivity index (χ4v) is 5.31. The standard InChI is InChI=1S/C25H27BrN4O4/c1-16(2)34-24(33)28-14-25(15-28)18-6-3-4-7-20(18)30(23(25)32)13-22-27-19-12-17(26)8-9-21(19)29(22)10-5-11-31/h3-4,6-9,12,16,31H,5,10-11,13-15H2,1-2H3. The van der Waals surface area contributed by atoms with Gasteiger partial charge >= 0.3 is 6.09 Å². The number of fused-ring (bicyclic) bond motifs is 3. The van der Waals surface area contributed by atoms with E-state index >= 15 is 0 Å². The smallest absolute Gasteiger partial charge is 0.410 e. The summed E-state index contributed by atoms with van der Waals surface area (Å²) in [7, 11) is 0. The molecule has 1 fully saturated rings. The van der Waals surface area contributed by atoms with Crippen LogP contribution in [0, 0.1) is 0 Å². The van der Waals surface area contributed by atoms with E-state index in [1.54, 1.807) is 9.80 Å². The van der Waals surface area contributed by atoms with Crippen LogP contribution in [0.15, 0.2) is 46.9 Å². The minimum absolute atomic E-state index is 0.0239. The lowest BCUT2D eigenvalue weighted by Gasteiger charge is -2.46. The topological polar surface area (TPSA) is 87.9 Å². The van der Waals surface area contributed by atoms with Crippen LogP contribution in [0.25, 0.3) is 11.0 Å². The number of hydrogen-bond acceptors (Lipinski definition) is 5. The van der Waals surface area contributed by atoms with Gasteiger partial charge in [-0.05, 0) is 50.1 Å². The fourth-order valence-electron chi connectivity index (χ4n) is 4.96. The number of likely N-dealkylation sites (tertiary alicyclic amines) is 1. The molecule has 2 aromatic carbocycles. The van der Waals surface area contributed by atoms with Crippen molar-refractivity contribution in [1.29, 1.82) is 0 Å². The number of carbonyl (C=O) groups is 2. The Morgan fingerprint density at radius 1 is 1.24 bits per heavy atom. The van der Waals surface area contributed by atoms with Crippen LogP contribution < -0.4 is 4.90 Å². The molecule has 5 rings (SSSR count). The summed E-state index contributed by atoms with van der Waals surface area (Å²) in [6.45, 7) is 5.22. The number of hydrogen-bond donors (Lipinski definition) is 1. The van der Waals surface area contributed by atoms with Crippen molar-refractivity contribution >= 4 is 44.7 Å². The van der Waals surface area contributed by atoms with Gasteiger partial charge in [-0.1, -0.05) is 34.1 Å². The van der Waals surface area contributed by atoms with Crippen molar-refractivity contribution in [3.63, 3.8) is 0 Å². The number of aliphatic hydroxyl groups excluding tert-OH is 1. The highest BCUT2D eigenvalue weighted by Gasteiger charge is 2.59. The number of amides is 2. The minimum atomic E-state index is -0.752. The lowest BCUT2D eigenvalue weighted by atomic mass is 9.75. The van der Waals surface area contributed by atoms with E-state index in [9.17, 15) is 14.7 Å². The van der Waals surface area contributed by atoms with Gasteiger partial charge in [0.25, 0.3) is 0 Å². The molecule has 1 spiro atoms. The van der Waals surface area contributed by atoms with Crippen molar-refractivity contribution < 1.29 is 19.4 Å². The zero-order valence-corrected chi connectivity index (χ0v) is 20.8. The number of anilines is 1. The van der Waals surface area contributed by atoms with Crippen LogP contribution >= 0.6 is 15.9 Å². The molecule has 3 heterocycles. The average molecular weight is 527 g/mol. The molecule has 1 N–H and O–H groups in total. The Kier molecular flexibility index (Phi) is 5.85. The summed E-state index contributed by atoms with van der Waals surface area (Å²) >= 11 is 3.51. The summed E-state index contributed by atoms with van der Waals surface area (Å²) < 4.78 is 8.33. The summed E-state index contributed by atoms with van der Waals surface area (Å²) in [5.74, 6) is 0.737. The van der Waals surface area contributed by atoms with E-state index in [0.717, 1.165) is 32.6 Å². The molecule has 9 heteroatoms. The van der Waals surface area contributed by atoms with Crippen LogP contribution in [0.5, 0.6) is 0 Å². The maximum atomic E-state index is 13.8. The van der Waals surface area contributed by atoms with Gasteiger partial charge in [-0.3, -0.25) is 4.79 Å². The minimum Gasteiger partial charge on any atom is -0.447 e. The lowest BCUT2D eigenvalue weighted by molar-refractivity contribution is -0.128. The Morgan fingerprint density at radius 2 is 2.00 bits per heavy atom. The van der Waals surface area contributed by atoms with Crippen molar-refractivity contribution in [1.82, 2.24) is 14.5 Å². The van der Waals surface area contributed by atoms with Gasteiger partial charge in [0.05, 0.1) is 23.7 Å². The van der Waals surface area contributed by atoms with E-state index in [4.69, 9.17) is 9.72 Å². The van der Waals surface area contributed by atoms with Crippen molar-refractivity contribution in [2.75, 3.05) is 24.6 Å². The summed E-state index contributed by atoms with van der Waals surface area (Å²) in [4.78, 5) is 34.4. The number of aliphatic hydroxyl groups is 1. The van der Waals surface area contributed by atoms with Gasteiger partial charge in [0, 0.05) is 36.4 Å². The van der Waals surface area contributed by atoms with Gasteiger partial charge in [-0.25, -0.2) is 9.78 Å². The molecule has 1 aromatic heterocycles. The Bertz CT molecular complexity index is 1270. The Labute approximate surface area is 206 Å². The number of halogens is 1. The highest BCUT2D eigenvalue weighted by Crippen LogP contribution is 2.48. The van der Waals surface area contributed by atoms with Crippen LogP contribution in [-0.2, 0) is 28.0 Å². The third-order valence-corrected chi connectivity index (χ3v) is 7.00. The molecular formula is C25H27BrN4O4. The van der Waals surface area contributed by atoms with E-state index in [0.29, 0.717) is 32.6 Å². The summed E-state index contributed by atoms with van der Waals surface area (Å²) in [5.41, 5.74) is 2.84. The molecular weight excluding hydrogens is 500 g/mol. The third kappa shape index (κ3) is 3.67. The number of aryl methyl sites for hydroxylation is 1. The molecule has 178 valence electrons. The number of ether oxygens (including phenoxy) is 1. The van der Waals surface area contributed by atoms with E-state index in [2.05, 4.69) is 20.5 Å². The van der Waals surface area contributed by atoms with Crippen LogP contribution in [0.2, 0.25) is 0 Å². The van der Waals surface area contributed by atoms with Gasteiger partial charge in [-0.2, -0.15) is 0 Å². The third-order valence-electron chi connectivity index (χ3n) is 6.51. The van der Waals surface area contributed by atoms with Crippen LogP contribution in [0.4, 0.5) is 10.5 Å². The largest absolute Gasteiger partial charge is 0.447 e. The maximum absolute atomic E-state index is 13.8. The predicted molar refractivity (Wildman–Crippen MR) is 132 cm³/mol. The Hall–Kier alpha value is -2.91. The summed E-state index contributed by atoms with van der Waals surface area (Å²) in [6, 6.07) is 13.7. The van der Waals surface area contributed by atoms with Crippen molar-refractivity contribution in [2.24, 2.45) is 0 Å². The monoisotopic (exact) mass is 526 g/mol. The van der Waals surface area contributed by atoms with Crippen LogP contribution in [-0.4, -0.2) is 57.4 Å². The Morgan fingerprint density at radius 3 is 2.74 bits per heavy atom. The highest BCUT2D eigenvalue weighted by molar-refractivity contribution is 9.10. The van der Waals surface area contributed by atoms with Crippen LogP contribution in [0.3, 0.4) is 0 Å². The normalized spacial score (nSPS) is 16.4. The molecule has 1 saturated heterocycles. The molecule has 2 aliphatic heterocycles. The molecule has 0 aliphatic carbocycles. The first-order valence-corrected chi connectivity index (χ1v) is 12.3. The number of para-hydroxylation sites is 1. The second-order valence-corrected chi connectivity index (χ2v) is 10.1. The maximum Gasteiger partial charge on any atom is 0.410 e. The quantitative estimate of drug-likeness (QED) is 0.527. The molecule has 0 bridgehead atoms. The first kappa shape index (κ1) is 22.9. The zero-order chi connectivity index (χ0) is 24.0. The van der Waals surface area contributed by atoms with Gasteiger partial charge in [-0.15, -0.1) is 0 Å². The van der Waals surface area contributed by atoms with Gasteiger partial charge in [0.1, 0.15) is 11.2 Å². The van der Waals surface area contributed by atoms with E-state index < -0.39 is 5.41 Å². The van der Waals surface area contributed by atoms with Gasteiger partial charge in [0.2, 0.25) is 5.91 Å². The molecule has 0 radical (unpaired) electrons. The van der Waals surface area contributed by atoms with E-state index in [-0.39, 0.29) is 24.7 Å². The van der Waals surface area contributed by atoms with E-state index in [1.807, 2.05) is 56.3 Å². The number of benzene rings is 2. The number of imidazole rings is 1. The predicted octanol–water partition coefficient (Wildman–Crippen LogP) is 3.83. The number of nitrogens with zero attached hydrogens (tertiary/aromatic N) is 4. The van der Waals surface area contributed by atoms with Gasteiger partial charge in [0.15, 0.2) is 0 Å². The van der Waals surface area contributed by atoms with Crippen molar-refractivity contribution in [3.05, 3.63) is 58.3 Å². The first-order chi connectivity index (χ1) is 16.3. The lowest BCUT2D eigenvalue weighted by Crippen LogP contribution is -2.65. The number of aromatic nitrogens is 2.